The predicted molar refractivity (Wildman–Crippen MR) is 104 cm³/mol. The number of aromatic nitrogens is 1. The molecule has 1 N–H and O–H groups in total. The summed E-state index contributed by atoms with van der Waals surface area (Å²) in [4.78, 5) is 16.2. The van der Waals surface area contributed by atoms with Crippen LogP contribution in [0.15, 0.2) is 72.9 Å². The molecular weight excluding hydrogens is 356 g/mol. The number of ether oxygens (including phenoxy) is 3. The van der Waals surface area contributed by atoms with Crippen molar-refractivity contribution in [1.29, 1.82) is 0 Å². The zero-order valence-electron chi connectivity index (χ0n) is 15.0. The Hall–Kier alpha value is -3.80. The number of benzene rings is 2. The summed E-state index contributed by atoms with van der Waals surface area (Å²) in [5.74, 6) is 2.41. The fourth-order valence-corrected chi connectivity index (χ4v) is 2.68. The average Bonchev–Trinajstić information content (AvgIpc) is 3.20. The Labute approximate surface area is 162 Å². The van der Waals surface area contributed by atoms with Gasteiger partial charge in [0.2, 0.25) is 18.6 Å². The van der Waals surface area contributed by atoms with Crippen LogP contribution in [0.3, 0.4) is 0 Å². The van der Waals surface area contributed by atoms with Gasteiger partial charge in [-0.25, -0.2) is 4.98 Å². The maximum atomic E-state index is 12.1. The third-order valence-corrected chi connectivity index (χ3v) is 4.05. The summed E-state index contributed by atoms with van der Waals surface area (Å²) in [5, 5.41) is 2.86. The molecule has 0 atom stereocenters. The molecule has 1 aromatic heterocycles. The molecule has 2 heterocycles. The number of carbonyl (C=O) groups is 1. The van der Waals surface area contributed by atoms with Crippen LogP contribution in [0.4, 0.5) is 0 Å². The van der Waals surface area contributed by atoms with E-state index < -0.39 is 0 Å². The number of pyridine rings is 1. The van der Waals surface area contributed by atoms with Crippen LogP contribution in [0.25, 0.3) is 6.08 Å². The molecule has 1 amide bonds. The Kier molecular flexibility index (Phi) is 5.20. The molecule has 0 spiro atoms. The summed E-state index contributed by atoms with van der Waals surface area (Å²) in [5.41, 5.74) is 1.79. The van der Waals surface area contributed by atoms with E-state index in [1.165, 1.54) is 6.08 Å². The highest BCUT2D eigenvalue weighted by Crippen LogP contribution is 2.32. The number of carbonyl (C=O) groups excluding carboxylic acids is 1. The van der Waals surface area contributed by atoms with Crippen LogP contribution in [0.2, 0.25) is 0 Å². The molecule has 3 aromatic rings. The van der Waals surface area contributed by atoms with Crippen molar-refractivity contribution >= 4 is 12.0 Å². The smallest absolute Gasteiger partial charge is 0.244 e. The van der Waals surface area contributed by atoms with Gasteiger partial charge in [0.25, 0.3) is 0 Å². The third-order valence-electron chi connectivity index (χ3n) is 4.05. The summed E-state index contributed by atoms with van der Waals surface area (Å²) in [7, 11) is 0. The minimum atomic E-state index is -0.186. The minimum absolute atomic E-state index is 0.186. The van der Waals surface area contributed by atoms with E-state index >= 15 is 0 Å². The van der Waals surface area contributed by atoms with E-state index in [0.29, 0.717) is 23.9 Å². The van der Waals surface area contributed by atoms with Crippen LogP contribution in [-0.2, 0) is 11.3 Å². The fraction of sp³-hybridized carbons (Fsp3) is 0.0909. The van der Waals surface area contributed by atoms with Gasteiger partial charge in [0.05, 0.1) is 0 Å². The molecule has 1 aliphatic heterocycles. The van der Waals surface area contributed by atoms with Crippen molar-refractivity contribution in [3.8, 4) is 23.1 Å². The van der Waals surface area contributed by atoms with Crippen molar-refractivity contribution in [1.82, 2.24) is 10.3 Å². The molecule has 28 heavy (non-hydrogen) atoms. The number of rotatable bonds is 6. The van der Waals surface area contributed by atoms with Crippen LogP contribution in [0.5, 0.6) is 23.1 Å². The number of nitrogens with zero attached hydrogens (tertiary/aromatic N) is 1. The Morgan fingerprint density at radius 3 is 2.89 bits per heavy atom. The van der Waals surface area contributed by atoms with E-state index in [0.717, 1.165) is 16.9 Å². The molecule has 0 aliphatic carbocycles. The quantitative estimate of drug-likeness (QED) is 0.662. The highest BCUT2D eigenvalue weighted by atomic mass is 16.7. The van der Waals surface area contributed by atoms with E-state index in [1.54, 1.807) is 18.3 Å². The molecule has 0 bridgehead atoms. The van der Waals surface area contributed by atoms with Gasteiger partial charge in [0.1, 0.15) is 5.75 Å². The molecule has 0 unspecified atom stereocenters. The fourth-order valence-electron chi connectivity index (χ4n) is 2.68. The predicted octanol–water partition coefficient (Wildman–Crippen LogP) is 3.93. The lowest BCUT2D eigenvalue weighted by Gasteiger charge is -2.07. The number of amides is 1. The number of fused-ring (bicyclic) bond motifs is 1. The first-order valence-electron chi connectivity index (χ1n) is 8.80. The normalized spacial score (nSPS) is 12.1. The SMILES string of the molecule is O=C(/C=C/c1ccc2c(c1)OCO2)NCc1cccc(Oc2ccccn2)c1. The van der Waals surface area contributed by atoms with Gasteiger partial charge in [-0.1, -0.05) is 24.3 Å². The summed E-state index contributed by atoms with van der Waals surface area (Å²) in [6.07, 6.45) is 4.90. The maximum Gasteiger partial charge on any atom is 0.244 e. The first-order valence-corrected chi connectivity index (χ1v) is 8.80. The number of hydrogen-bond donors (Lipinski definition) is 1. The van der Waals surface area contributed by atoms with Gasteiger partial charge in [-0.15, -0.1) is 0 Å². The van der Waals surface area contributed by atoms with Gasteiger partial charge < -0.3 is 19.5 Å². The molecule has 0 fully saturated rings. The summed E-state index contributed by atoms with van der Waals surface area (Å²) < 4.78 is 16.3. The second kappa shape index (κ2) is 8.26. The molecule has 140 valence electrons. The Morgan fingerprint density at radius 1 is 1.07 bits per heavy atom. The summed E-state index contributed by atoms with van der Waals surface area (Å²) >= 11 is 0. The average molecular weight is 374 g/mol. The minimum Gasteiger partial charge on any atom is -0.454 e. The topological polar surface area (TPSA) is 69.7 Å². The highest BCUT2D eigenvalue weighted by Gasteiger charge is 2.12. The zero-order valence-corrected chi connectivity index (χ0v) is 15.0. The molecule has 1 aliphatic rings. The van der Waals surface area contributed by atoms with Gasteiger partial charge in [-0.3, -0.25) is 4.79 Å². The molecule has 0 saturated heterocycles. The van der Waals surface area contributed by atoms with Crippen molar-refractivity contribution in [2.24, 2.45) is 0 Å². The second-order valence-electron chi connectivity index (χ2n) is 6.08. The second-order valence-corrected chi connectivity index (χ2v) is 6.08. The first-order chi connectivity index (χ1) is 13.8. The third kappa shape index (κ3) is 4.48. The van der Waals surface area contributed by atoms with E-state index in [4.69, 9.17) is 14.2 Å². The Morgan fingerprint density at radius 2 is 2.00 bits per heavy atom. The zero-order chi connectivity index (χ0) is 19.2. The van der Waals surface area contributed by atoms with E-state index in [2.05, 4.69) is 10.3 Å². The molecule has 6 heteroatoms. The first kappa shape index (κ1) is 17.6. The van der Waals surface area contributed by atoms with Gasteiger partial charge in [-0.05, 0) is 47.5 Å². The van der Waals surface area contributed by atoms with Gasteiger partial charge >= 0.3 is 0 Å². The van der Waals surface area contributed by atoms with Crippen LogP contribution in [-0.4, -0.2) is 17.7 Å². The van der Waals surface area contributed by atoms with Crippen molar-refractivity contribution in [3.05, 3.63) is 84.1 Å². The lowest BCUT2D eigenvalue weighted by atomic mass is 10.2. The Balaban J connectivity index is 1.32. The van der Waals surface area contributed by atoms with Crippen molar-refractivity contribution in [3.63, 3.8) is 0 Å². The number of hydrogen-bond acceptors (Lipinski definition) is 5. The Bertz CT molecular complexity index is 1000. The summed E-state index contributed by atoms with van der Waals surface area (Å²) in [6, 6.07) is 18.5. The van der Waals surface area contributed by atoms with Crippen LogP contribution in [0, 0.1) is 0 Å². The van der Waals surface area contributed by atoms with Gasteiger partial charge in [0, 0.05) is 24.9 Å². The van der Waals surface area contributed by atoms with E-state index in [1.807, 2.05) is 54.6 Å². The van der Waals surface area contributed by atoms with Crippen molar-refractivity contribution in [2.45, 2.75) is 6.54 Å². The van der Waals surface area contributed by atoms with E-state index in [-0.39, 0.29) is 12.7 Å². The molecule has 0 saturated carbocycles. The highest BCUT2D eigenvalue weighted by molar-refractivity contribution is 5.91. The van der Waals surface area contributed by atoms with Crippen molar-refractivity contribution < 1.29 is 19.0 Å². The molecule has 6 nitrogen and oxygen atoms in total. The van der Waals surface area contributed by atoms with Crippen LogP contribution < -0.4 is 19.5 Å². The lowest BCUT2D eigenvalue weighted by molar-refractivity contribution is -0.116. The monoisotopic (exact) mass is 374 g/mol. The lowest BCUT2D eigenvalue weighted by Crippen LogP contribution is -2.20. The largest absolute Gasteiger partial charge is 0.454 e. The molecular formula is C22H18N2O4. The van der Waals surface area contributed by atoms with E-state index in [9.17, 15) is 4.79 Å². The molecule has 0 radical (unpaired) electrons. The maximum absolute atomic E-state index is 12.1. The summed E-state index contributed by atoms with van der Waals surface area (Å²) in [6.45, 7) is 0.621. The van der Waals surface area contributed by atoms with Crippen LogP contribution in [0.1, 0.15) is 11.1 Å². The van der Waals surface area contributed by atoms with Crippen molar-refractivity contribution in [2.75, 3.05) is 6.79 Å². The number of nitrogens with one attached hydrogen (secondary N) is 1. The van der Waals surface area contributed by atoms with Crippen LogP contribution >= 0.6 is 0 Å². The van der Waals surface area contributed by atoms with Gasteiger partial charge in [-0.2, -0.15) is 0 Å². The molecule has 2 aromatic carbocycles. The van der Waals surface area contributed by atoms with Gasteiger partial charge in [0.15, 0.2) is 11.5 Å². The molecule has 4 rings (SSSR count). The standard InChI is InChI=1S/C22H18N2O4/c25-21(10-8-16-7-9-19-20(13-16)27-15-26-19)24-14-17-4-3-5-18(12-17)28-22-6-1-2-11-23-22/h1-13H,14-15H2,(H,24,25)/b10-8+.